The van der Waals surface area contributed by atoms with E-state index in [9.17, 15) is 4.79 Å². The second-order valence-corrected chi connectivity index (χ2v) is 7.05. The normalized spacial score (nSPS) is 20.5. The largest absolute Gasteiger partial charge is 0.338 e. The monoisotopic (exact) mass is 340 g/mol. The topological polar surface area (TPSA) is 50.2 Å². The van der Waals surface area contributed by atoms with Crippen molar-refractivity contribution in [3.63, 3.8) is 0 Å². The van der Waals surface area contributed by atoms with Crippen LogP contribution in [0.25, 0.3) is 0 Å². The molecule has 2 atom stereocenters. The number of urea groups is 1. The standard InChI is InChI=1S/C20H28N4O/c1-16-6-8-18(9-7-16)19-17(2)5-3-13-24(19)20(25)22-10-4-12-23-14-11-21-15-23/h6-9,11,14-15,17,19H,3-5,10,12-13H2,1-2H3,(H,22,25)/t17-,19-/m0/s1. The molecular formula is C20H28N4O. The van der Waals surface area contributed by atoms with E-state index in [0.29, 0.717) is 12.5 Å². The van der Waals surface area contributed by atoms with Crippen LogP contribution in [0.1, 0.15) is 43.4 Å². The summed E-state index contributed by atoms with van der Waals surface area (Å²) in [6.45, 7) is 6.73. The second-order valence-electron chi connectivity index (χ2n) is 7.05. The minimum absolute atomic E-state index is 0.0581. The molecule has 1 aromatic carbocycles. The molecule has 0 aliphatic carbocycles. The third-order valence-corrected chi connectivity index (χ3v) is 5.04. The fourth-order valence-corrected chi connectivity index (χ4v) is 3.67. The summed E-state index contributed by atoms with van der Waals surface area (Å²) >= 11 is 0. The number of nitrogens with one attached hydrogen (secondary N) is 1. The van der Waals surface area contributed by atoms with Crippen LogP contribution in [-0.2, 0) is 6.54 Å². The van der Waals surface area contributed by atoms with Crippen LogP contribution in [0.2, 0.25) is 0 Å². The Hall–Kier alpha value is -2.30. The molecule has 0 unspecified atom stereocenters. The molecule has 2 heterocycles. The van der Waals surface area contributed by atoms with Gasteiger partial charge >= 0.3 is 6.03 Å². The summed E-state index contributed by atoms with van der Waals surface area (Å²) in [6, 6.07) is 8.84. The predicted molar refractivity (Wildman–Crippen MR) is 99.3 cm³/mol. The third kappa shape index (κ3) is 4.41. The summed E-state index contributed by atoms with van der Waals surface area (Å²) < 4.78 is 2.03. The van der Waals surface area contributed by atoms with Gasteiger partial charge in [0.15, 0.2) is 0 Å². The number of aryl methyl sites for hydroxylation is 2. The van der Waals surface area contributed by atoms with Crippen molar-refractivity contribution in [1.82, 2.24) is 19.8 Å². The maximum Gasteiger partial charge on any atom is 0.317 e. The van der Waals surface area contributed by atoms with Crippen molar-refractivity contribution in [2.45, 2.75) is 45.7 Å². The number of aromatic nitrogens is 2. The van der Waals surface area contributed by atoms with Gasteiger partial charge in [-0.2, -0.15) is 0 Å². The quantitative estimate of drug-likeness (QED) is 0.843. The van der Waals surface area contributed by atoms with Gasteiger partial charge in [-0.15, -0.1) is 0 Å². The van der Waals surface area contributed by atoms with E-state index in [0.717, 1.165) is 25.9 Å². The lowest BCUT2D eigenvalue weighted by Gasteiger charge is -2.40. The summed E-state index contributed by atoms with van der Waals surface area (Å²) in [5.74, 6) is 0.480. The highest BCUT2D eigenvalue weighted by Gasteiger charge is 2.32. The first kappa shape index (κ1) is 17.5. The van der Waals surface area contributed by atoms with E-state index in [1.54, 1.807) is 6.20 Å². The van der Waals surface area contributed by atoms with Crippen LogP contribution < -0.4 is 5.32 Å². The molecule has 25 heavy (non-hydrogen) atoms. The van der Waals surface area contributed by atoms with Crippen molar-refractivity contribution in [3.8, 4) is 0 Å². The number of carbonyl (C=O) groups is 1. The van der Waals surface area contributed by atoms with E-state index in [-0.39, 0.29) is 12.1 Å². The highest BCUT2D eigenvalue weighted by molar-refractivity contribution is 5.75. The molecule has 0 radical (unpaired) electrons. The molecule has 2 aromatic rings. The Morgan fingerprint density at radius 2 is 2.12 bits per heavy atom. The number of amides is 2. The number of benzene rings is 1. The predicted octanol–water partition coefficient (Wildman–Crippen LogP) is 3.76. The Kier molecular flexibility index (Phi) is 5.74. The van der Waals surface area contributed by atoms with Gasteiger partial charge in [0.25, 0.3) is 0 Å². The zero-order chi connectivity index (χ0) is 17.6. The molecule has 1 saturated heterocycles. The molecule has 2 amide bonds. The van der Waals surface area contributed by atoms with Gasteiger partial charge < -0.3 is 14.8 Å². The third-order valence-electron chi connectivity index (χ3n) is 5.04. The number of nitrogens with zero attached hydrogens (tertiary/aromatic N) is 3. The summed E-state index contributed by atoms with van der Waals surface area (Å²) in [5.41, 5.74) is 2.49. The van der Waals surface area contributed by atoms with Crippen LogP contribution >= 0.6 is 0 Å². The highest BCUT2D eigenvalue weighted by Crippen LogP contribution is 2.35. The molecule has 134 valence electrons. The minimum atomic E-state index is 0.0581. The average Bonchev–Trinajstić information content (AvgIpc) is 3.13. The number of likely N-dealkylation sites (tertiary alicyclic amines) is 1. The second kappa shape index (κ2) is 8.19. The molecule has 5 nitrogen and oxygen atoms in total. The SMILES string of the molecule is Cc1ccc([C@@H]2[C@@H](C)CCCN2C(=O)NCCCn2ccnc2)cc1. The maximum atomic E-state index is 12.8. The molecule has 5 heteroatoms. The Morgan fingerprint density at radius 1 is 1.32 bits per heavy atom. The van der Waals surface area contributed by atoms with E-state index < -0.39 is 0 Å². The number of piperidine rings is 1. The molecule has 3 rings (SSSR count). The Morgan fingerprint density at radius 3 is 2.84 bits per heavy atom. The van der Waals surface area contributed by atoms with Crippen molar-refractivity contribution < 1.29 is 4.79 Å². The summed E-state index contributed by atoms with van der Waals surface area (Å²) in [5, 5.41) is 3.10. The van der Waals surface area contributed by atoms with Crippen molar-refractivity contribution in [2.24, 2.45) is 5.92 Å². The number of hydrogen-bond donors (Lipinski definition) is 1. The van der Waals surface area contributed by atoms with Gasteiger partial charge in [0.1, 0.15) is 0 Å². The van der Waals surface area contributed by atoms with Crippen LogP contribution in [0, 0.1) is 12.8 Å². The smallest absolute Gasteiger partial charge is 0.317 e. The summed E-state index contributed by atoms with van der Waals surface area (Å²) in [6.07, 6.45) is 8.68. The van der Waals surface area contributed by atoms with E-state index in [4.69, 9.17) is 0 Å². The summed E-state index contributed by atoms with van der Waals surface area (Å²) in [4.78, 5) is 18.8. The fraction of sp³-hybridized carbons (Fsp3) is 0.500. The van der Waals surface area contributed by atoms with Gasteiger partial charge in [-0.25, -0.2) is 9.78 Å². The van der Waals surface area contributed by atoms with Crippen molar-refractivity contribution in [2.75, 3.05) is 13.1 Å². The zero-order valence-electron chi connectivity index (χ0n) is 15.2. The molecule has 0 spiro atoms. The Bertz CT molecular complexity index is 666. The molecule has 1 aliphatic rings. The zero-order valence-corrected chi connectivity index (χ0v) is 15.2. The van der Waals surface area contributed by atoms with Crippen molar-refractivity contribution in [3.05, 3.63) is 54.1 Å². The first-order valence-corrected chi connectivity index (χ1v) is 9.22. The van der Waals surface area contributed by atoms with Gasteiger partial charge in [-0.05, 0) is 37.7 Å². The van der Waals surface area contributed by atoms with E-state index in [1.165, 1.54) is 17.5 Å². The molecule has 1 fully saturated rings. The van der Waals surface area contributed by atoms with Crippen LogP contribution in [0.3, 0.4) is 0 Å². The fourth-order valence-electron chi connectivity index (χ4n) is 3.67. The van der Waals surface area contributed by atoms with Crippen LogP contribution in [0.5, 0.6) is 0 Å². The Balaban J connectivity index is 1.59. The van der Waals surface area contributed by atoms with Crippen molar-refractivity contribution >= 4 is 6.03 Å². The van der Waals surface area contributed by atoms with E-state index in [1.807, 2.05) is 22.0 Å². The molecule has 1 aliphatic heterocycles. The van der Waals surface area contributed by atoms with Gasteiger partial charge in [0.05, 0.1) is 12.4 Å². The van der Waals surface area contributed by atoms with Crippen LogP contribution in [0.4, 0.5) is 4.79 Å². The summed E-state index contributed by atoms with van der Waals surface area (Å²) in [7, 11) is 0. The van der Waals surface area contributed by atoms with E-state index in [2.05, 4.69) is 48.4 Å². The number of hydrogen-bond acceptors (Lipinski definition) is 2. The first-order chi connectivity index (χ1) is 12.1. The molecule has 0 bridgehead atoms. The van der Waals surface area contributed by atoms with Crippen LogP contribution in [0.15, 0.2) is 43.0 Å². The number of imidazole rings is 1. The molecule has 0 saturated carbocycles. The lowest BCUT2D eigenvalue weighted by atomic mass is 9.86. The lowest BCUT2D eigenvalue weighted by Crippen LogP contribution is -2.47. The first-order valence-electron chi connectivity index (χ1n) is 9.22. The average molecular weight is 340 g/mol. The minimum Gasteiger partial charge on any atom is -0.338 e. The number of rotatable bonds is 5. The lowest BCUT2D eigenvalue weighted by molar-refractivity contribution is 0.119. The molecule has 1 N–H and O–H groups in total. The van der Waals surface area contributed by atoms with Gasteiger partial charge in [-0.1, -0.05) is 36.8 Å². The van der Waals surface area contributed by atoms with E-state index >= 15 is 0 Å². The Labute approximate surface area is 150 Å². The maximum absolute atomic E-state index is 12.8. The molecular weight excluding hydrogens is 312 g/mol. The highest BCUT2D eigenvalue weighted by atomic mass is 16.2. The molecule has 1 aromatic heterocycles. The van der Waals surface area contributed by atoms with Gasteiger partial charge in [0.2, 0.25) is 0 Å². The van der Waals surface area contributed by atoms with Crippen LogP contribution in [-0.4, -0.2) is 33.6 Å². The van der Waals surface area contributed by atoms with Gasteiger partial charge in [0, 0.05) is 32.0 Å². The van der Waals surface area contributed by atoms with Gasteiger partial charge in [-0.3, -0.25) is 0 Å². The number of carbonyl (C=O) groups excluding carboxylic acids is 1. The van der Waals surface area contributed by atoms with Crippen molar-refractivity contribution in [1.29, 1.82) is 0 Å².